The van der Waals surface area contributed by atoms with Crippen LogP contribution >= 0.6 is 0 Å². The second-order valence-corrected chi connectivity index (χ2v) is 19.1. The quantitative estimate of drug-likeness (QED) is 0.173. The zero-order valence-electron chi connectivity index (χ0n) is 36.2. The fourth-order valence-corrected chi connectivity index (χ4v) is 12.2. The lowest BCUT2D eigenvalue weighted by atomic mass is 9.95. The Balaban J connectivity index is 0.669. The molecule has 0 aliphatic heterocycles. The van der Waals surface area contributed by atoms with Crippen LogP contribution in [-0.2, 0) is 25.7 Å². The van der Waals surface area contributed by atoms with Gasteiger partial charge in [-0.2, -0.15) is 0 Å². The molecular weight excluding hydrogens is 797 g/mol. The van der Waals surface area contributed by atoms with Gasteiger partial charge in [-0.05, 0) is 182 Å². The van der Waals surface area contributed by atoms with E-state index in [9.17, 15) is 4.79 Å². The molecule has 0 spiro atoms. The summed E-state index contributed by atoms with van der Waals surface area (Å²) in [5, 5.41) is 0. The Kier molecular flexibility index (Phi) is 7.39. The minimum atomic E-state index is 0.108. The van der Waals surface area contributed by atoms with E-state index in [-0.39, 0.29) is 5.78 Å². The summed E-state index contributed by atoms with van der Waals surface area (Å²) in [4.78, 5) is 14.3. The molecule has 0 unspecified atom stereocenters. The molecule has 5 aliphatic rings. The van der Waals surface area contributed by atoms with Gasteiger partial charge in [0.05, 0.1) is 0 Å². The topological polar surface area (TPSA) is 17.1 Å². The van der Waals surface area contributed by atoms with Crippen LogP contribution < -0.4 is 0 Å². The van der Waals surface area contributed by atoms with E-state index in [1.54, 1.807) is 0 Å². The van der Waals surface area contributed by atoms with Gasteiger partial charge in [-0.25, -0.2) is 0 Å². The van der Waals surface area contributed by atoms with Crippen molar-refractivity contribution in [1.29, 1.82) is 0 Å². The Labute approximate surface area is 384 Å². The number of carbonyl (C=O) groups excluding carboxylic acids is 1. The molecule has 10 aromatic carbocycles. The minimum absolute atomic E-state index is 0.108. The summed E-state index contributed by atoms with van der Waals surface area (Å²) in [6, 6.07) is 72.1. The van der Waals surface area contributed by atoms with E-state index >= 15 is 0 Å². The molecule has 0 heterocycles. The highest BCUT2D eigenvalue weighted by Crippen LogP contribution is 2.47. The van der Waals surface area contributed by atoms with Crippen LogP contribution in [0.15, 0.2) is 194 Å². The number of fused-ring (bicyclic) bond motifs is 15. The van der Waals surface area contributed by atoms with E-state index < -0.39 is 0 Å². The summed E-state index contributed by atoms with van der Waals surface area (Å²) in [6.45, 7) is 0. The number of hydrogen-bond acceptors (Lipinski definition) is 1. The summed E-state index contributed by atoms with van der Waals surface area (Å²) in [5.74, 6) is 0.108. The van der Waals surface area contributed by atoms with Gasteiger partial charge >= 0.3 is 0 Å². The van der Waals surface area contributed by atoms with Crippen LogP contribution in [0.3, 0.4) is 0 Å². The van der Waals surface area contributed by atoms with Crippen molar-refractivity contribution in [3.8, 4) is 100 Å². The van der Waals surface area contributed by atoms with Gasteiger partial charge in [-0.3, -0.25) is 4.79 Å². The molecule has 0 aromatic heterocycles. The van der Waals surface area contributed by atoms with Crippen molar-refractivity contribution in [3.05, 3.63) is 250 Å². The van der Waals surface area contributed by atoms with Crippen LogP contribution in [0.25, 0.3) is 100 Å². The number of carbonyl (C=O) groups is 1. The zero-order chi connectivity index (χ0) is 43.2. The molecule has 0 radical (unpaired) electrons. The largest absolute Gasteiger partial charge is 0.289 e. The van der Waals surface area contributed by atoms with Crippen molar-refractivity contribution in [1.82, 2.24) is 0 Å². The molecule has 10 aromatic rings. The maximum atomic E-state index is 14.3. The molecule has 0 N–H and O–H groups in total. The molecule has 0 fully saturated rings. The van der Waals surface area contributed by atoms with Gasteiger partial charge in [-0.15, -0.1) is 0 Å². The summed E-state index contributed by atoms with van der Waals surface area (Å²) in [5.41, 5.74) is 35.0. The van der Waals surface area contributed by atoms with Crippen LogP contribution in [0.1, 0.15) is 60.4 Å². The van der Waals surface area contributed by atoms with Gasteiger partial charge in [0.1, 0.15) is 0 Å². The number of ketones is 1. The highest BCUT2D eigenvalue weighted by molar-refractivity contribution is 6.22. The minimum Gasteiger partial charge on any atom is -0.289 e. The van der Waals surface area contributed by atoms with Gasteiger partial charge in [0, 0.05) is 11.1 Å². The smallest absolute Gasteiger partial charge is 0.194 e. The molecule has 0 atom stereocenters. The van der Waals surface area contributed by atoms with Crippen LogP contribution in [0.4, 0.5) is 0 Å². The summed E-state index contributed by atoms with van der Waals surface area (Å²) in [6.07, 6.45) is 3.81. The van der Waals surface area contributed by atoms with Gasteiger partial charge in [0.2, 0.25) is 0 Å². The van der Waals surface area contributed by atoms with E-state index in [1.807, 2.05) is 0 Å². The molecule has 0 bridgehead atoms. The van der Waals surface area contributed by atoms with Crippen LogP contribution in [-0.4, -0.2) is 5.78 Å². The first-order valence-electron chi connectivity index (χ1n) is 23.3. The number of hydrogen-bond donors (Lipinski definition) is 0. The standard InChI is InChI=1S/C65H40O/c66-65-63-35-43(41-13-21-59-51(29-41)33-49-27-39(11-19-57(49)59)37-9-17-55-47(25-37)31-45-5-1-3-7-53(45)55)15-23-61(63)62-24-16-44(36-64(62)65)42-14-22-60-52(30-42)34-50-28-40(12-20-58(50)60)38-10-18-56-48(26-38)32-46-6-2-4-8-54(46)56/h1-30,35-36H,31-34H2. The monoisotopic (exact) mass is 836 g/mol. The summed E-state index contributed by atoms with van der Waals surface area (Å²) < 4.78 is 0. The molecule has 15 rings (SSSR count). The molecule has 306 valence electrons. The first-order valence-corrected chi connectivity index (χ1v) is 23.3. The van der Waals surface area contributed by atoms with Gasteiger partial charge in [0.15, 0.2) is 5.78 Å². The normalized spacial score (nSPS) is 13.5. The fraction of sp³-hybridized carbons (Fsp3) is 0.0615. The van der Waals surface area contributed by atoms with Crippen molar-refractivity contribution in [2.24, 2.45) is 0 Å². The highest BCUT2D eigenvalue weighted by Gasteiger charge is 2.29. The lowest BCUT2D eigenvalue weighted by Crippen LogP contribution is -1.96. The van der Waals surface area contributed by atoms with Gasteiger partial charge < -0.3 is 0 Å². The van der Waals surface area contributed by atoms with Crippen molar-refractivity contribution >= 4 is 5.78 Å². The Morgan fingerprint density at radius 3 is 0.727 bits per heavy atom. The van der Waals surface area contributed by atoms with E-state index in [4.69, 9.17) is 0 Å². The van der Waals surface area contributed by atoms with Crippen LogP contribution in [0, 0.1) is 0 Å². The van der Waals surface area contributed by atoms with Crippen LogP contribution in [0.2, 0.25) is 0 Å². The maximum Gasteiger partial charge on any atom is 0.194 e. The Hall–Kier alpha value is -8.13. The van der Waals surface area contributed by atoms with E-state index in [0.717, 1.165) is 70.2 Å². The highest BCUT2D eigenvalue weighted by atomic mass is 16.1. The molecule has 0 amide bonds. The van der Waals surface area contributed by atoms with E-state index in [0.29, 0.717) is 0 Å². The van der Waals surface area contributed by atoms with Crippen molar-refractivity contribution in [2.45, 2.75) is 25.7 Å². The van der Waals surface area contributed by atoms with Gasteiger partial charge in [-0.1, -0.05) is 182 Å². The molecule has 1 heteroatoms. The Bertz CT molecular complexity index is 3590. The van der Waals surface area contributed by atoms with E-state index in [1.165, 1.54) is 111 Å². The maximum absolute atomic E-state index is 14.3. The van der Waals surface area contributed by atoms with Gasteiger partial charge in [0.25, 0.3) is 0 Å². The van der Waals surface area contributed by atoms with E-state index in [2.05, 4.69) is 194 Å². The average Bonchev–Trinajstić information content (AvgIpc) is 4.18. The Morgan fingerprint density at radius 1 is 0.197 bits per heavy atom. The third kappa shape index (κ3) is 5.32. The second kappa shape index (κ2) is 13.5. The SMILES string of the molecule is O=C1c2cc(-c3ccc4c(c3)Cc3cc(-c5ccc6c(c5)Cc5ccccc5-6)ccc3-4)ccc2-c2ccc(-c3ccc4c(c3)Cc3cc(-c5ccc6c(c5)Cc5ccccc5-6)ccc3-4)cc21. The fourth-order valence-electron chi connectivity index (χ4n) is 12.2. The van der Waals surface area contributed by atoms with Crippen molar-refractivity contribution in [3.63, 3.8) is 0 Å². The molecule has 66 heavy (non-hydrogen) atoms. The molecular formula is C65H40O. The predicted molar refractivity (Wildman–Crippen MR) is 270 cm³/mol. The molecule has 0 saturated carbocycles. The lowest BCUT2D eigenvalue weighted by molar-refractivity contribution is 0.104. The predicted octanol–water partition coefficient (Wildman–Crippen LogP) is 15.9. The lowest BCUT2D eigenvalue weighted by Gasteiger charge is -2.09. The second-order valence-electron chi connectivity index (χ2n) is 19.1. The molecule has 1 nitrogen and oxygen atoms in total. The Morgan fingerprint density at radius 2 is 0.424 bits per heavy atom. The first kappa shape index (κ1) is 36.2. The first-order chi connectivity index (χ1) is 32.5. The molecule has 5 aliphatic carbocycles. The number of benzene rings is 10. The number of rotatable bonds is 4. The molecule has 0 saturated heterocycles. The summed E-state index contributed by atoms with van der Waals surface area (Å²) >= 11 is 0. The summed E-state index contributed by atoms with van der Waals surface area (Å²) in [7, 11) is 0. The third-order valence-corrected chi connectivity index (χ3v) is 15.5. The van der Waals surface area contributed by atoms with Crippen LogP contribution in [0.5, 0.6) is 0 Å². The average molecular weight is 837 g/mol. The van der Waals surface area contributed by atoms with Crippen molar-refractivity contribution in [2.75, 3.05) is 0 Å². The van der Waals surface area contributed by atoms with Crippen molar-refractivity contribution < 1.29 is 4.79 Å². The zero-order valence-corrected chi connectivity index (χ0v) is 36.2. The third-order valence-electron chi connectivity index (χ3n) is 15.5.